The maximum atomic E-state index is 3.37. The fraction of sp³-hybridized carbons (Fsp3) is 0.167. The highest BCUT2D eigenvalue weighted by molar-refractivity contribution is 9.24. The van der Waals surface area contributed by atoms with Gasteiger partial charge in [-0.3, -0.25) is 0 Å². The molecule has 0 unspecified atom stereocenters. The van der Waals surface area contributed by atoms with Gasteiger partial charge in [-0.15, -0.1) is 0 Å². The van der Waals surface area contributed by atoms with Gasteiger partial charge in [-0.25, -0.2) is 0 Å². The molecule has 0 amide bonds. The van der Waals surface area contributed by atoms with E-state index in [1.54, 1.807) is 0 Å². The van der Waals surface area contributed by atoms with Crippen LogP contribution in [0.2, 0.25) is 0 Å². The number of nitrogens with one attached hydrogen (secondary N) is 1. The van der Waals surface area contributed by atoms with Gasteiger partial charge in [0.2, 0.25) is 0 Å². The van der Waals surface area contributed by atoms with Crippen molar-refractivity contribution in [2.45, 2.75) is 3.74 Å². The van der Waals surface area contributed by atoms with Crippen LogP contribution >= 0.6 is 31.9 Å². The highest BCUT2D eigenvalue weighted by Gasteiger charge is 2.12. The second-order valence-electron chi connectivity index (χ2n) is 1.62. The SMILES string of the molecule is BrC(Br)[C]1C=CC=CN1. The summed E-state index contributed by atoms with van der Waals surface area (Å²) in [4.78, 5) is 0. The lowest BCUT2D eigenvalue weighted by Gasteiger charge is -2.14. The Bertz CT molecular complexity index is 140. The summed E-state index contributed by atoms with van der Waals surface area (Å²) in [5, 5.41) is 3.07. The van der Waals surface area contributed by atoms with E-state index in [0.29, 0.717) is 0 Å². The fourth-order valence-corrected chi connectivity index (χ4v) is 1.11. The van der Waals surface area contributed by atoms with Crippen LogP contribution in [0.5, 0.6) is 0 Å². The molecule has 0 fully saturated rings. The van der Waals surface area contributed by atoms with E-state index < -0.39 is 0 Å². The summed E-state index contributed by atoms with van der Waals surface area (Å²) in [7, 11) is 0. The predicted octanol–water partition coefficient (Wildman–Crippen LogP) is 2.31. The highest BCUT2D eigenvalue weighted by atomic mass is 79.9. The minimum absolute atomic E-state index is 0.228. The first-order chi connectivity index (χ1) is 4.30. The molecule has 0 spiro atoms. The van der Waals surface area contributed by atoms with Crippen LogP contribution in [-0.4, -0.2) is 3.74 Å². The molecule has 0 aromatic rings. The van der Waals surface area contributed by atoms with Gasteiger partial charge in [-0.1, -0.05) is 44.0 Å². The van der Waals surface area contributed by atoms with Crippen LogP contribution in [0.1, 0.15) is 0 Å². The monoisotopic (exact) mass is 250 g/mol. The second kappa shape index (κ2) is 3.42. The zero-order valence-electron chi connectivity index (χ0n) is 4.64. The van der Waals surface area contributed by atoms with Gasteiger partial charge in [0.15, 0.2) is 0 Å². The van der Waals surface area contributed by atoms with Crippen molar-refractivity contribution < 1.29 is 0 Å². The summed E-state index contributed by atoms with van der Waals surface area (Å²) >= 11 is 6.74. The van der Waals surface area contributed by atoms with E-state index in [9.17, 15) is 0 Å². The average Bonchev–Trinajstić information content (AvgIpc) is 1.90. The molecule has 9 heavy (non-hydrogen) atoms. The minimum Gasteiger partial charge on any atom is -0.378 e. The first kappa shape index (κ1) is 7.35. The Morgan fingerprint density at radius 1 is 1.33 bits per heavy atom. The molecular formula is C6H6Br2N. The lowest BCUT2D eigenvalue weighted by atomic mass is 10.2. The summed E-state index contributed by atoms with van der Waals surface area (Å²) in [5.41, 5.74) is 0. The molecule has 0 aromatic carbocycles. The topological polar surface area (TPSA) is 12.0 Å². The van der Waals surface area contributed by atoms with Crippen molar-refractivity contribution >= 4 is 31.9 Å². The van der Waals surface area contributed by atoms with Gasteiger partial charge in [-0.2, -0.15) is 0 Å². The Morgan fingerprint density at radius 2 is 2.11 bits per heavy atom. The van der Waals surface area contributed by atoms with E-state index in [1.165, 1.54) is 0 Å². The number of dihydropyridines is 1. The molecule has 1 aliphatic heterocycles. The standard InChI is InChI=1S/C6H6Br2N/c7-6(8)5-3-1-2-4-9-5/h1-4,6,9H. The van der Waals surface area contributed by atoms with Crippen LogP contribution in [0.3, 0.4) is 0 Å². The summed E-state index contributed by atoms with van der Waals surface area (Å²) in [5.74, 6) is 0. The Labute approximate surface area is 71.5 Å². The van der Waals surface area contributed by atoms with Crippen LogP contribution < -0.4 is 5.32 Å². The summed E-state index contributed by atoms with van der Waals surface area (Å²) in [6.07, 6.45) is 7.84. The maximum Gasteiger partial charge on any atom is 0.107 e. The van der Waals surface area contributed by atoms with Crippen molar-refractivity contribution in [1.82, 2.24) is 5.32 Å². The molecule has 3 heteroatoms. The largest absolute Gasteiger partial charge is 0.378 e. The molecule has 0 bridgehead atoms. The number of rotatable bonds is 1. The van der Waals surface area contributed by atoms with Gasteiger partial charge in [-0.05, 0) is 12.3 Å². The van der Waals surface area contributed by atoms with Crippen LogP contribution in [-0.2, 0) is 0 Å². The molecule has 1 radical (unpaired) electrons. The van der Waals surface area contributed by atoms with Crippen molar-refractivity contribution in [3.63, 3.8) is 0 Å². The number of halogens is 2. The van der Waals surface area contributed by atoms with Crippen LogP contribution in [0.15, 0.2) is 24.4 Å². The molecule has 0 aliphatic carbocycles. The van der Waals surface area contributed by atoms with Crippen molar-refractivity contribution in [2.24, 2.45) is 0 Å². The van der Waals surface area contributed by atoms with Crippen LogP contribution in [0.4, 0.5) is 0 Å². The van der Waals surface area contributed by atoms with E-state index in [-0.39, 0.29) is 3.74 Å². The summed E-state index contributed by atoms with van der Waals surface area (Å²) in [6.45, 7) is 0. The predicted molar refractivity (Wildman–Crippen MR) is 46.3 cm³/mol. The molecule has 0 aromatic heterocycles. The van der Waals surface area contributed by atoms with Gasteiger partial charge < -0.3 is 5.32 Å². The molecule has 1 heterocycles. The van der Waals surface area contributed by atoms with E-state index in [4.69, 9.17) is 0 Å². The highest BCUT2D eigenvalue weighted by Crippen LogP contribution is 2.21. The normalized spacial score (nSPS) is 18.6. The van der Waals surface area contributed by atoms with Gasteiger partial charge >= 0.3 is 0 Å². The Hall–Kier alpha value is 0.240. The number of hydrogen-bond donors (Lipinski definition) is 1. The van der Waals surface area contributed by atoms with E-state index >= 15 is 0 Å². The third-order valence-electron chi connectivity index (χ3n) is 0.968. The van der Waals surface area contributed by atoms with Crippen molar-refractivity contribution in [3.05, 3.63) is 30.5 Å². The quantitative estimate of drug-likeness (QED) is 0.706. The number of hydrogen-bond acceptors (Lipinski definition) is 1. The van der Waals surface area contributed by atoms with Crippen LogP contribution in [0.25, 0.3) is 0 Å². The first-order valence-electron chi connectivity index (χ1n) is 2.55. The average molecular weight is 252 g/mol. The molecule has 1 aliphatic rings. The molecule has 1 rings (SSSR count). The molecule has 1 nitrogen and oxygen atoms in total. The van der Waals surface area contributed by atoms with E-state index in [0.717, 1.165) is 6.04 Å². The lowest BCUT2D eigenvalue weighted by molar-refractivity contribution is 0.926. The second-order valence-corrected chi connectivity index (χ2v) is 4.68. The molecular weight excluding hydrogens is 246 g/mol. The molecule has 1 N–H and O–H groups in total. The number of alkyl halides is 2. The van der Waals surface area contributed by atoms with Crippen molar-refractivity contribution in [2.75, 3.05) is 0 Å². The van der Waals surface area contributed by atoms with Gasteiger partial charge in [0.25, 0.3) is 0 Å². The van der Waals surface area contributed by atoms with Gasteiger partial charge in [0.05, 0.1) is 3.74 Å². The third kappa shape index (κ3) is 2.14. The van der Waals surface area contributed by atoms with E-state index in [2.05, 4.69) is 37.2 Å². The third-order valence-corrected chi connectivity index (χ3v) is 1.95. The van der Waals surface area contributed by atoms with E-state index in [1.807, 2.05) is 24.4 Å². The minimum atomic E-state index is 0.228. The number of allylic oxidation sites excluding steroid dienone is 2. The van der Waals surface area contributed by atoms with Crippen LogP contribution in [0, 0.1) is 6.04 Å². The Kier molecular flexibility index (Phi) is 2.79. The Morgan fingerprint density at radius 3 is 2.44 bits per heavy atom. The van der Waals surface area contributed by atoms with Crippen molar-refractivity contribution in [1.29, 1.82) is 0 Å². The lowest BCUT2D eigenvalue weighted by Crippen LogP contribution is -2.19. The first-order valence-corrected chi connectivity index (χ1v) is 4.38. The zero-order valence-corrected chi connectivity index (χ0v) is 7.81. The summed E-state index contributed by atoms with van der Waals surface area (Å²) in [6, 6.07) is 1.12. The maximum absolute atomic E-state index is 3.37. The molecule has 49 valence electrons. The van der Waals surface area contributed by atoms with Gasteiger partial charge in [0, 0.05) is 0 Å². The Balaban J connectivity index is 2.46. The molecule has 0 saturated heterocycles. The zero-order chi connectivity index (χ0) is 6.69. The molecule has 0 saturated carbocycles. The fourth-order valence-electron chi connectivity index (χ4n) is 0.543. The summed E-state index contributed by atoms with van der Waals surface area (Å²) < 4.78 is 0.228. The van der Waals surface area contributed by atoms with Gasteiger partial charge in [0.1, 0.15) is 6.04 Å². The van der Waals surface area contributed by atoms with Crippen molar-refractivity contribution in [3.8, 4) is 0 Å². The smallest absolute Gasteiger partial charge is 0.107 e. The molecule has 0 atom stereocenters.